The Morgan fingerprint density at radius 2 is 2.14 bits per heavy atom. The number of allylic oxidation sites excluding steroid dienone is 3. The first-order chi connectivity index (χ1) is 14.0. The summed E-state index contributed by atoms with van der Waals surface area (Å²) in [6, 6.07) is 5.36. The summed E-state index contributed by atoms with van der Waals surface area (Å²) < 4.78 is 1.90. The highest BCUT2D eigenvalue weighted by atomic mass is 16.2. The monoisotopic (exact) mass is 391 g/mol. The van der Waals surface area contributed by atoms with E-state index < -0.39 is 5.92 Å². The number of carbonyl (C=O) groups excluding carboxylic acids is 2. The van der Waals surface area contributed by atoms with E-state index in [0.29, 0.717) is 23.4 Å². The van der Waals surface area contributed by atoms with Crippen LogP contribution in [0.4, 0.5) is 5.82 Å². The lowest BCUT2D eigenvalue weighted by atomic mass is 9.75. The number of hydrogen-bond acceptors (Lipinski definition) is 5. The molecule has 2 aromatic rings. The summed E-state index contributed by atoms with van der Waals surface area (Å²) in [7, 11) is 0. The van der Waals surface area contributed by atoms with Gasteiger partial charge in [-0.1, -0.05) is 6.07 Å². The van der Waals surface area contributed by atoms with Crippen molar-refractivity contribution in [2.75, 3.05) is 5.32 Å². The zero-order valence-corrected chi connectivity index (χ0v) is 17.0. The molecule has 0 fully saturated rings. The van der Waals surface area contributed by atoms with Crippen molar-refractivity contribution in [1.29, 1.82) is 0 Å². The van der Waals surface area contributed by atoms with Gasteiger partial charge >= 0.3 is 0 Å². The lowest BCUT2D eigenvalue weighted by Crippen LogP contribution is -2.35. The van der Waals surface area contributed by atoms with Crippen LogP contribution in [0.3, 0.4) is 0 Å². The van der Waals surface area contributed by atoms with E-state index in [-0.39, 0.29) is 11.7 Å². The average molecular weight is 391 g/mol. The molecule has 0 bridgehead atoms. The molecule has 1 aliphatic heterocycles. The topological polar surface area (TPSA) is 88.9 Å². The van der Waals surface area contributed by atoms with Gasteiger partial charge < -0.3 is 10.6 Å². The van der Waals surface area contributed by atoms with Crippen molar-refractivity contribution in [2.45, 2.75) is 52.5 Å². The first kappa shape index (κ1) is 19.1. The first-order valence-electron chi connectivity index (χ1n) is 10.00. The van der Waals surface area contributed by atoms with Crippen molar-refractivity contribution >= 4 is 17.5 Å². The molecule has 2 aliphatic rings. The molecular formula is C22H25N5O2. The summed E-state index contributed by atoms with van der Waals surface area (Å²) >= 11 is 0. The van der Waals surface area contributed by atoms with E-state index in [4.69, 9.17) is 0 Å². The Morgan fingerprint density at radius 1 is 1.31 bits per heavy atom. The number of carbonyl (C=O) groups is 2. The lowest BCUT2D eigenvalue weighted by Gasteiger charge is -2.34. The maximum atomic E-state index is 13.3. The molecule has 1 atom stereocenters. The molecule has 2 aromatic heterocycles. The van der Waals surface area contributed by atoms with Gasteiger partial charge in [0.2, 0.25) is 0 Å². The Bertz CT molecular complexity index is 1030. The van der Waals surface area contributed by atoms with Crippen LogP contribution in [-0.2, 0) is 16.1 Å². The quantitative estimate of drug-likeness (QED) is 0.835. The number of dihydropyridines is 1. The molecular weight excluding hydrogens is 366 g/mol. The van der Waals surface area contributed by atoms with Gasteiger partial charge in [0.25, 0.3) is 5.91 Å². The van der Waals surface area contributed by atoms with Crippen LogP contribution in [0.25, 0.3) is 0 Å². The SMILES string of the molecule is CCn1ncc(C2C(C(=O)Nc3ccccn3)=C(C)NC3=C2C(=O)CCC3)c1C. The van der Waals surface area contributed by atoms with E-state index >= 15 is 0 Å². The van der Waals surface area contributed by atoms with Gasteiger partial charge in [0.15, 0.2) is 5.78 Å². The molecule has 150 valence electrons. The van der Waals surface area contributed by atoms with Gasteiger partial charge in [0.05, 0.1) is 6.20 Å². The van der Waals surface area contributed by atoms with E-state index in [1.165, 1.54) is 0 Å². The third-order valence-electron chi connectivity index (χ3n) is 5.68. The summed E-state index contributed by atoms with van der Waals surface area (Å²) in [5.41, 5.74) is 4.82. The molecule has 0 aromatic carbocycles. The second-order valence-corrected chi connectivity index (χ2v) is 7.44. The first-order valence-corrected chi connectivity index (χ1v) is 10.00. The third kappa shape index (κ3) is 3.37. The van der Waals surface area contributed by atoms with Crippen LogP contribution < -0.4 is 10.6 Å². The van der Waals surface area contributed by atoms with Gasteiger partial charge in [-0.2, -0.15) is 5.10 Å². The Balaban J connectivity index is 1.82. The summed E-state index contributed by atoms with van der Waals surface area (Å²) in [6.45, 7) is 6.64. The molecule has 0 saturated carbocycles. The predicted octanol–water partition coefficient (Wildman–Crippen LogP) is 3.21. The zero-order valence-electron chi connectivity index (χ0n) is 17.0. The van der Waals surface area contributed by atoms with Crippen molar-refractivity contribution in [1.82, 2.24) is 20.1 Å². The van der Waals surface area contributed by atoms with Crippen molar-refractivity contribution in [3.8, 4) is 0 Å². The molecule has 1 unspecified atom stereocenters. The van der Waals surface area contributed by atoms with Crippen LogP contribution in [0.1, 0.15) is 50.3 Å². The molecule has 0 saturated heterocycles. The normalized spacial score (nSPS) is 19.1. The highest BCUT2D eigenvalue weighted by molar-refractivity contribution is 6.09. The second-order valence-electron chi connectivity index (χ2n) is 7.44. The second kappa shape index (κ2) is 7.66. The zero-order chi connectivity index (χ0) is 20.5. The fourth-order valence-corrected chi connectivity index (χ4v) is 4.28. The fraction of sp³-hybridized carbons (Fsp3) is 0.364. The minimum atomic E-state index is -0.428. The smallest absolute Gasteiger partial charge is 0.255 e. The van der Waals surface area contributed by atoms with Crippen LogP contribution >= 0.6 is 0 Å². The Hall–Kier alpha value is -3.22. The van der Waals surface area contributed by atoms with Gasteiger partial charge in [-0.15, -0.1) is 0 Å². The number of aryl methyl sites for hydroxylation is 1. The third-order valence-corrected chi connectivity index (χ3v) is 5.68. The number of aromatic nitrogens is 3. The molecule has 4 rings (SSSR count). The Morgan fingerprint density at radius 3 is 2.83 bits per heavy atom. The van der Waals surface area contributed by atoms with Crippen molar-refractivity contribution in [3.05, 3.63) is 64.4 Å². The molecule has 0 radical (unpaired) electrons. The molecule has 1 amide bonds. The van der Waals surface area contributed by atoms with Crippen molar-refractivity contribution in [3.63, 3.8) is 0 Å². The molecule has 7 nitrogen and oxygen atoms in total. The number of Topliss-reactive ketones (excluding diaryl/α,β-unsaturated/α-hetero) is 1. The average Bonchev–Trinajstić information content (AvgIpc) is 3.08. The van der Waals surface area contributed by atoms with Crippen LogP contribution in [0.15, 0.2) is 53.1 Å². The largest absolute Gasteiger partial charge is 0.362 e. The van der Waals surface area contributed by atoms with E-state index in [2.05, 4.69) is 20.7 Å². The summed E-state index contributed by atoms with van der Waals surface area (Å²) in [4.78, 5) is 30.5. The number of amides is 1. The van der Waals surface area contributed by atoms with Gasteiger partial charge in [0.1, 0.15) is 5.82 Å². The molecule has 2 N–H and O–H groups in total. The number of pyridine rings is 1. The van der Waals surface area contributed by atoms with E-state index in [9.17, 15) is 9.59 Å². The van der Waals surface area contributed by atoms with E-state index in [1.807, 2.05) is 31.5 Å². The predicted molar refractivity (Wildman–Crippen MR) is 110 cm³/mol. The van der Waals surface area contributed by atoms with Gasteiger partial charge in [-0.25, -0.2) is 4.98 Å². The summed E-state index contributed by atoms with van der Waals surface area (Å²) in [5.74, 6) is -0.106. The molecule has 0 spiro atoms. The van der Waals surface area contributed by atoms with Crippen molar-refractivity contribution in [2.24, 2.45) is 0 Å². The maximum absolute atomic E-state index is 13.3. The van der Waals surface area contributed by atoms with Gasteiger partial charge in [-0.3, -0.25) is 14.3 Å². The van der Waals surface area contributed by atoms with Crippen LogP contribution in [0.2, 0.25) is 0 Å². The maximum Gasteiger partial charge on any atom is 0.255 e. The number of rotatable bonds is 4. The fourth-order valence-electron chi connectivity index (χ4n) is 4.28. The Kier molecular flexibility index (Phi) is 5.05. The Labute approximate surface area is 169 Å². The minimum absolute atomic E-state index is 0.100. The molecule has 7 heteroatoms. The lowest BCUT2D eigenvalue weighted by molar-refractivity contribution is -0.116. The standard InChI is InChI=1S/C22H25N5O2/c1-4-27-14(3)15(12-24-27)20-19(22(29)26-18-10-5-6-11-23-18)13(2)25-16-8-7-9-17(28)21(16)20/h5-6,10-12,20,25H,4,7-9H2,1-3H3,(H,23,26,29). The number of hydrogen-bond donors (Lipinski definition) is 2. The van der Waals surface area contributed by atoms with E-state index in [0.717, 1.165) is 42.0 Å². The van der Waals surface area contributed by atoms with Gasteiger partial charge in [0, 0.05) is 58.9 Å². The number of nitrogens with one attached hydrogen (secondary N) is 2. The highest BCUT2D eigenvalue weighted by Crippen LogP contribution is 2.43. The number of ketones is 1. The van der Waals surface area contributed by atoms with E-state index in [1.54, 1.807) is 24.5 Å². The van der Waals surface area contributed by atoms with Crippen LogP contribution in [0, 0.1) is 6.92 Å². The van der Waals surface area contributed by atoms with Crippen molar-refractivity contribution < 1.29 is 9.59 Å². The van der Waals surface area contributed by atoms with Gasteiger partial charge in [-0.05, 0) is 45.7 Å². The minimum Gasteiger partial charge on any atom is -0.362 e. The number of nitrogens with zero attached hydrogens (tertiary/aromatic N) is 3. The van der Waals surface area contributed by atoms with Crippen LogP contribution in [-0.4, -0.2) is 26.5 Å². The number of anilines is 1. The molecule has 1 aliphatic carbocycles. The summed E-state index contributed by atoms with van der Waals surface area (Å²) in [6.07, 6.45) is 5.57. The highest BCUT2D eigenvalue weighted by Gasteiger charge is 2.39. The molecule has 3 heterocycles. The summed E-state index contributed by atoms with van der Waals surface area (Å²) in [5, 5.41) is 10.7. The molecule has 29 heavy (non-hydrogen) atoms. The van der Waals surface area contributed by atoms with Crippen LogP contribution in [0.5, 0.6) is 0 Å².